The Morgan fingerprint density at radius 2 is 1.76 bits per heavy atom. The molecular weight excluding hydrogens is 455 g/mol. The quantitative estimate of drug-likeness (QED) is 0.346. The number of nitrogens with two attached hydrogens (primary N) is 1. The number of hydrogen-bond donors (Lipinski definition) is 3. The predicted molar refractivity (Wildman–Crippen MR) is 116 cm³/mol. The summed E-state index contributed by atoms with van der Waals surface area (Å²) in [4.78, 5) is 4.24. The van der Waals surface area contributed by atoms with Gasteiger partial charge in [0.2, 0.25) is 5.82 Å². The van der Waals surface area contributed by atoms with Gasteiger partial charge in [0.05, 0.1) is 25.4 Å². The molecule has 2 heterocycles. The summed E-state index contributed by atoms with van der Waals surface area (Å²) in [6, 6.07) is 10.1. The van der Waals surface area contributed by atoms with Crippen LogP contribution < -0.4 is 10.5 Å². The van der Waals surface area contributed by atoms with Crippen LogP contribution in [0.2, 0.25) is 0 Å². The molecule has 0 unspecified atom stereocenters. The summed E-state index contributed by atoms with van der Waals surface area (Å²) in [6.07, 6.45) is -4.05. The van der Waals surface area contributed by atoms with Gasteiger partial charge in [-0.15, -0.1) is 0 Å². The molecule has 0 aliphatic carbocycles. The molecule has 0 aliphatic rings. The lowest BCUT2D eigenvalue weighted by Crippen LogP contribution is -2.43. The van der Waals surface area contributed by atoms with E-state index >= 15 is 0 Å². The number of furan rings is 1. The Labute approximate surface area is 191 Å². The third-order valence-electron chi connectivity index (χ3n) is 5.25. The van der Waals surface area contributed by atoms with Gasteiger partial charge in [-0.3, -0.25) is 0 Å². The zero-order valence-electron chi connectivity index (χ0n) is 18.1. The van der Waals surface area contributed by atoms with Crippen molar-refractivity contribution in [2.45, 2.75) is 25.1 Å². The second-order valence-corrected chi connectivity index (χ2v) is 7.82. The number of hydrogen-bond acceptors (Lipinski definition) is 8. The Hall–Kier alpha value is -3.41. The van der Waals surface area contributed by atoms with Gasteiger partial charge in [0.25, 0.3) is 5.89 Å². The van der Waals surface area contributed by atoms with Crippen molar-refractivity contribution in [1.82, 2.24) is 10.1 Å². The van der Waals surface area contributed by atoms with E-state index < -0.39 is 30.5 Å². The van der Waals surface area contributed by atoms with E-state index in [4.69, 9.17) is 19.4 Å². The van der Waals surface area contributed by atoms with E-state index in [9.17, 15) is 23.4 Å². The van der Waals surface area contributed by atoms with Crippen LogP contribution in [-0.4, -0.2) is 40.2 Å². The van der Waals surface area contributed by atoms with Crippen LogP contribution in [0.4, 0.5) is 13.2 Å². The first kappa shape index (κ1) is 23.7. The van der Waals surface area contributed by atoms with Crippen LogP contribution in [0.1, 0.15) is 24.7 Å². The highest BCUT2D eigenvalue weighted by molar-refractivity contribution is 5.83. The minimum absolute atomic E-state index is 0.0861. The molecule has 11 heteroatoms. The Morgan fingerprint density at radius 1 is 1.03 bits per heavy atom. The SMILES string of the molecule is CCCOc1ccc(-c2nc(-c3ccc4oc(C(N)(CO)CO)cc4c3)no2)cc1C(F)(F)F. The fourth-order valence-electron chi connectivity index (χ4n) is 3.31. The summed E-state index contributed by atoms with van der Waals surface area (Å²) in [5.74, 6) is 0.00390. The molecule has 0 saturated carbocycles. The van der Waals surface area contributed by atoms with Gasteiger partial charge < -0.3 is 29.6 Å². The molecule has 34 heavy (non-hydrogen) atoms. The van der Waals surface area contributed by atoms with Crippen molar-refractivity contribution in [2.75, 3.05) is 19.8 Å². The fraction of sp³-hybridized carbons (Fsp3) is 0.304. The first-order valence-electron chi connectivity index (χ1n) is 10.4. The smallest absolute Gasteiger partial charge is 0.419 e. The number of rotatable bonds is 8. The van der Waals surface area contributed by atoms with Crippen molar-refractivity contribution in [3.05, 3.63) is 53.8 Å². The highest BCUT2D eigenvalue weighted by Gasteiger charge is 2.35. The van der Waals surface area contributed by atoms with Gasteiger partial charge in [-0.05, 0) is 48.9 Å². The maximum Gasteiger partial charge on any atom is 0.419 e. The zero-order valence-corrected chi connectivity index (χ0v) is 18.1. The normalized spacial score (nSPS) is 12.4. The molecule has 0 fully saturated rings. The monoisotopic (exact) mass is 477 g/mol. The molecule has 4 aromatic rings. The summed E-state index contributed by atoms with van der Waals surface area (Å²) in [5, 5.41) is 23.5. The minimum Gasteiger partial charge on any atom is -0.493 e. The summed E-state index contributed by atoms with van der Waals surface area (Å²) >= 11 is 0. The maximum atomic E-state index is 13.5. The van der Waals surface area contributed by atoms with E-state index in [0.29, 0.717) is 23.0 Å². The van der Waals surface area contributed by atoms with Crippen LogP contribution in [0.5, 0.6) is 5.75 Å². The third-order valence-corrected chi connectivity index (χ3v) is 5.25. The minimum atomic E-state index is -4.62. The van der Waals surface area contributed by atoms with Gasteiger partial charge in [0, 0.05) is 16.5 Å². The van der Waals surface area contributed by atoms with Gasteiger partial charge in [0.15, 0.2) is 0 Å². The maximum absolute atomic E-state index is 13.5. The number of aliphatic hydroxyl groups is 2. The van der Waals surface area contributed by atoms with E-state index in [0.717, 1.165) is 6.07 Å². The summed E-state index contributed by atoms with van der Waals surface area (Å²) in [7, 11) is 0. The van der Waals surface area contributed by atoms with Gasteiger partial charge in [-0.25, -0.2) is 0 Å². The van der Waals surface area contributed by atoms with E-state index in [2.05, 4.69) is 10.1 Å². The first-order chi connectivity index (χ1) is 16.2. The largest absolute Gasteiger partial charge is 0.493 e. The molecule has 0 spiro atoms. The highest BCUT2D eigenvalue weighted by Crippen LogP contribution is 2.39. The number of fused-ring (bicyclic) bond motifs is 1. The molecule has 8 nitrogen and oxygen atoms in total. The number of benzene rings is 2. The van der Waals surface area contributed by atoms with Crippen molar-refractivity contribution >= 4 is 11.0 Å². The molecule has 0 bridgehead atoms. The molecule has 2 aromatic heterocycles. The molecule has 180 valence electrons. The Morgan fingerprint density at radius 3 is 2.44 bits per heavy atom. The second-order valence-electron chi connectivity index (χ2n) is 7.82. The molecule has 0 atom stereocenters. The van der Waals surface area contributed by atoms with Crippen LogP contribution in [0.25, 0.3) is 33.8 Å². The highest BCUT2D eigenvalue weighted by atomic mass is 19.4. The number of alkyl halides is 3. The second kappa shape index (κ2) is 9.09. The molecule has 0 amide bonds. The molecule has 2 aromatic carbocycles. The lowest BCUT2D eigenvalue weighted by molar-refractivity contribution is -0.138. The van der Waals surface area contributed by atoms with E-state index in [-0.39, 0.29) is 35.4 Å². The lowest BCUT2D eigenvalue weighted by atomic mass is 10.00. The number of aromatic nitrogens is 2. The van der Waals surface area contributed by atoms with Gasteiger partial charge in [-0.2, -0.15) is 18.2 Å². The summed E-state index contributed by atoms with van der Waals surface area (Å²) < 4.78 is 56.7. The van der Waals surface area contributed by atoms with Crippen LogP contribution in [0, 0.1) is 0 Å². The van der Waals surface area contributed by atoms with Crippen LogP contribution >= 0.6 is 0 Å². The van der Waals surface area contributed by atoms with Crippen molar-refractivity contribution < 1.29 is 37.1 Å². The van der Waals surface area contributed by atoms with E-state index in [1.807, 2.05) is 0 Å². The van der Waals surface area contributed by atoms with Crippen LogP contribution in [0.3, 0.4) is 0 Å². The van der Waals surface area contributed by atoms with Gasteiger partial charge >= 0.3 is 6.18 Å². The Bertz CT molecular complexity index is 1290. The molecule has 4 rings (SSSR count). The average molecular weight is 477 g/mol. The number of nitrogens with zero attached hydrogens (tertiary/aromatic N) is 2. The van der Waals surface area contributed by atoms with Gasteiger partial charge in [-0.1, -0.05) is 12.1 Å². The summed E-state index contributed by atoms with van der Waals surface area (Å²) in [5.41, 5.74) is 4.66. The van der Waals surface area contributed by atoms with Crippen molar-refractivity contribution in [3.63, 3.8) is 0 Å². The average Bonchev–Trinajstić information content (AvgIpc) is 3.49. The standard InChI is InChI=1S/C23H22F3N3O5/c1-2-7-32-18-6-4-14(9-16(18)23(24,25)26)21-28-20(29-34-21)13-3-5-17-15(8-13)10-19(33-17)22(27,11-30)12-31/h3-6,8-10,30-31H,2,7,11-12,27H2,1H3. The lowest BCUT2D eigenvalue weighted by Gasteiger charge is -2.21. The molecule has 4 N–H and O–H groups in total. The number of ether oxygens (including phenoxy) is 1. The van der Waals surface area contributed by atoms with E-state index in [1.54, 1.807) is 31.2 Å². The zero-order chi connectivity index (χ0) is 24.5. The number of aliphatic hydroxyl groups excluding tert-OH is 2. The molecule has 0 radical (unpaired) electrons. The molecule has 0 aliphatic heterocycles. The van der Waals surface area contributed by atoms with Crippen molar-refractivity contribution in [1.29, 1.82) is 0 Å². The third kappa shape index (κ3) is 4.49. The predicted octanol–water partition coefficient (Wildman–Crippen LogP) is 4.10. The molecule has 0 saturated heterocycles. The Balaban J connectivity index is 1.67. The van der Waals surface area contributed by atoms with Crippen molar-refractivity contribution in [3.8, 4) is 28.6 Å². The molecular formula is C23H22F3N3O5. The van der Waals surface area contributed by atoms with Crippen LogP contribution in [0.15, 0.2) is 51.4 Å². The Kier molecular flexibility index (Phi) is 6.34. The fourth-order valence-corrected chi connectivity index (χ4v) is 3.31. The number of halogens is 3. The topological polar surface area (TPSA) is 128 Å². The van der Waals surface area contributed by atoms with Crippen molar-refractivity contribution in [2.24, 2.45) is 5.73 Å². The first-order valence-corrected chi connectivity index (χ1v) is 10.4. The van der Waals surface area contributed by atoms with Gasteiger partial charge in [0.1, 0.15) is 22.6 Å². The summed E-state index contributed by atoms with van der Waals surface area (Å²) in [6.45, 7) is 0.918. The van der Waals surface area contributed by atoms with Crippen LogP contribution in [-0.2, 0) is 11.7 Å². The van der Waals surface area contributed by atoms with E-state index in [1.165, 1.54) is 12.1 Å².